The number of para-hydroxylation sites is 1. The number of ether oxygens (including phenoxy) is 1. The van der Waals surface area contributed by atoms with E-state index in [0.29, 0.717) is 24.5 Å². The van der Waals surface area contributed by atoms with Gasteiger partial charge in [-0.3, -0.25) is 0 Å². The summed E-state index contributed by atoms with van der Waals surface area (Å²) in [5.41, 5.74) is 3.47. The molecule has 1 aliphatic rings. The lowest BCUT2D eigenvalue weighted by Gasteiger charge is -2.15. The number of phenols is 1. The molecule has 1 heterocycles. The average Bonchev–Trinajstić information content (AvgIpc) is 3.03. The zero-order valence-electron chi connectivity index (χ0n) is 21.7. The molecule has 196 valence electrons. The number of phenolic OH excluding ortho intramolecular Hbond substituents is 1. The highest BCUT2D eigenvalue weighted by molar-refractivity contribution is 7.85. The van der Waals surface area contributed by atoms with Gasteiger partial charge in [-0.2, -0.15) is 4.58 Å². The fraction of sp³-hybridized carbons (Fsp3) is 0.483. The number of allylic oxidation sites excluding steroid dienone is 1. The first-order valence-corrected chi connectivity index (χ1v) is 14.5. The van der Waals surface area contributed by atoms with Crippen molar-refractivity contribution in [3.63, 3.8) is 0 Å². The van der Waals surface area contributed by atoms with Gasteiger partial charge in [0.1, 0.15) is 18.0 Å². The Hall–Kier alpha value is -2.64. The number of fused-ring (bicyclic) bond motifs is 1. The van der Waals surface area contributed by atoms with Crippen LogP contribution >= 0.6 is 0 Å². The predicted molar refractivity (Wildman–Crippen MR) is 144 cm³/mol. The molecule has 0 aromatic heterocycles. The third kappa shape index (κ3) is 7.43. The third-order valence-electron chi connectivity index (χ3n) is 6.76. The minimum atomic E-state index is -4.27. The van der Waals surface area contributed by atoms with Crippen molar-refractivity contribution in [3.8, 4) is 11.5 Å². The summed E-state index contributed by atoms with van der Waals surface area (Å²) in [6.07, 6.45) is 11.3. The molecule has 0 fully saturated rings. The number of hydrogen-bond donors (Lipinski definition) is 1. The van der Waals surface area contributed by atoms with Gasteiger partial charge in [0.25, 0.3) is 0 Å². The molecule has 2 aromatic rings. The molecule has 36 heavy (non-hydrogen) atoms. The van der Waals surface area contributed by atoms with E-state index in [0.717, 1.165) is 29.8 Å². The van der Waals surface area contributed by atoms with Gasteiger partial charge in [0.15, 0.2) is 5.71 Å². The molecule has 1 N–H and O–H groups in total. The smallest absolute Gasteiger partial charge is 0.209 e. The fourth-order valence-electron chi connectivity index (χ4n) is 4.78. The minimum Gasteiger partial charge on any atom is -0.748 e. The van der Waals surface area contributed by atoms with E-state index in [4.69, 9.17) is 4.74 Å². The lowest BCUT2D eigenvalue weighted by molar-refractivity contribution is -0.437. The Morgan fingerprint density at radius 1 is 1.00 bits per heavy atom. The lowest BCUT2D eigenvalue weighted by atomic mass is 9.81. The second kappa shape index (κ2) is 12.5. The lowest BCUT2D eigenvalue weighted by Crippen LogP contribution is -2.28. The van der Waals surface area contributed by atoms with E-state index in [9.17, 15) is 18.1 Å². The topological polar surface area (TPSA) is 89.7 Å². The largest absolute Gasteiger partial charge is 0.748 e. The summed E-state index contributed by atoms with van der Waals surface area (Å²) in [4.78, 5) is 0. The highest BCUT2D eigenvalue weighted by Gasteiger charge is 2.43. The average molecular weight is 514 g/mol. The van der Waals surface area contributed by atoms with Crippen molar-refractivity contribution in [1.29, 1.82) is 0 Å². The molecule has 7 heteroatoms. The van der Waals surface area contributed by atoms with E-state index in [2.05, 4.69) is 31.4 Å². The van der Waals surface area contributed by atoms with Crippen LogP contribution in [0.2, 0.25) is 0 Å². The SMILES string of the molecule is CCCCCCCCOc1ccc(/C=C/C2=[N+](CCCS(=O)(=O)[O-])c3ccccc3C2(C)C)c(O)c1. The maximum absolute atomic E-state index is 11.1. The molecule has 0 aliphatic carbocycles. The summed E-state index contributed by atoms with van der Waals surface area (Å²) in [5, 5.41) is 10.6. The van der Waals surface area contributed by atoms with Gasteiger partial charge < -0.3 is 14.4 Å². The molecular weight excluding hydrogens is 474 g/mol. The number of aromatic hydroxyl groups is 1. The van der Waals surface area contributed by atoms with Gasteiger partial charge in [0, 0.05) is 41.5 Å². The number of unbranched alkanes of at least 4 members (excludes halogenated alkanes) is 5. The first kappa shape index (κ1) is 27.9. The normalized spacial score (nSPS) is 15.0. The molecule has 0 saturated carbocycles. The van der Waals surface area contributed by atoms with Crippen molar-refractivity contribution in [3.05, 3.63) is 59.7 Å². The summed E-state index contributed by atoms with van der Waals surface area (Å²) in [7, 11) is -4.27. The summed E-state index contributed by atoms with van der Waals surface area (Å²) in [6, 6.07) is 13.4. The summed E-state index contributed by atoms with van der Waals surface area (Å²) in [6.45, 7) is 7.50. The number of rotatable bonds is 14. The van der Waals surface area contributed by atoms with Crippen LogP contribution in [-0.4, -0.2) is 47.3 Å². The van der Waals surface area contributed by atoms with Crippen molar-refractivity contribution in [2.75, 3.05) is 18.9 Å². The molecule has 0 bridgehead atoms. The van der Waals surface area contributed by atoms with Crippen LogP contribution in [0.25, 0.3) is 6.08 Å². The van der Waals surface area contributed by atoms with E-state index in [1.165, 1.54) is 25.7 Å². The molecule has 0 atom stereocenters. The summed E-state index contributed by atoms with van der Waals surface area (Å²) >= 11 is 0. The first-order valence-electron chi connectivity index (χ1n) is 13.0. The standard InChI is InChI=1S/C29H39NO5S/c1-4-5-6-7-8-11-20-35-24-17-15-23(27(31)22-24)16-18-28-29(2,3)25-13-9-10-14-26(25)30(28)19-12-21-36(32,33)34/h9-10,13-18,22H,4-8,11-12,19-21H2,1-3H3,(H,32,33,34). The Morgan fingerprint density at radius 2 is 1.72 bits per heavy atom. The minimum absolute atomic E-state index is 0.143. The van der Waals surface area contributed by atoms with Crippen LogP contribution in [0.15, 0.2) is 48.5 Å². The summed E-state index contributed by atoms with van der Waals surface area (Å²) in [5.74, 6) is 0.397. The molecule has 6 nitrogen and oxygen atoms in total. The molecule has 2 aromatic carbocycles. The van der Waals surface area contributed by atoms with E-state index in [-0.39, 0.29) is 17.6 Å². The zero-order chi connectivity index (χ0) is 26.2. The van der Waals surface area contributed by atoms with Gasteiger partial charge in [-0.15, -0.1) is 0 Å². The number of nitrogens with zero attached hydrogens (tertiary/aromatic N) is 1. The molecule has 3 rings (SSSR count). The van der Waals surface area contributed by atoms with Crippen LogP contribution < -0.4 is 4.74 Å². The summed E-state index contributed by atoms with van der Waals surface area (Å²) < 4.78 is 41.3. The van der Waals surface area contributed by atoms with Crippen molar-refractivity contribution in [1.82, 2.24) is 0 Å². The van der Waals surface area contributed by atoms with Crippen LogP contribution in [0.1, 0.15) is 76.8 Å². The molecule has 0 saturated heterocycles. The van der Waals surface area contributed by atoms with Crippen LogP contribution in [0.4, 0.5) is 5.69 Å². The maximum Gasteiger partial charge on any atom is 0.209 e. The Kier molecular flexibility index (Phi) is 9.74. The Morgan fingerprint density at radius 3 is 2.44 bits per heavy atom. The Balaban J connectivity index is 1.73. The van der Waals surface area contributed by atoms with Gasteiger partial charge in [-0.05, 0) is 38.5 Å². The highest BCUT2D eigenvalue weighted by atomic mass is 32.2. The molecule has 0 radical (unpaired) electrons. The van der Waals surface area contributed by atoms with Gasteiger partial charge in [0.2, 0.25) is 5.69 Å². The third-order valence-corrected chi connectivity index (χ3v) is 7.55. The quantitative estimate of drug-likeness (QED) is 0.186. The molecule has 0 spiro atoms. The van der Waals surface area contributed by atoms with E-state index in [1.54, 1.807) is 6.07 Å². The first-order chi connectivity index (χ1) is 17.1. The molecule has 0 unspecified atom stereocenters. The van der Waals surface area contributed by atoms with Crippen LogP contribution in [0.3, 0.4) is 0 Å². The zero-order valence-corrected chi connectivity index (χ0v) is 22.5. The van der Waals surface area contributed by atoms with Crippen LogP contribution in [0, 0.1) is 0 Å². The van der Waals surface area contributed by atoms with Gasteiger partial charge >= 0.3 is 0 Å². The van der Waals surface area contributed by atoms with Crippen LogP contribution in [-0.2, 0) is 15.5 Å². The second-order valence-electron chi connectivity index (χ2n) is 9.96. The van der Waals surface area contributed by atoms with E-state index in [1.807, 2.05) is 42.5 Å². The molecular formula is C29H39NO5S. The Labute approximate surface area is 216 Å². The second-order valence-corrected chi connectivity index (χ2v) is 11.5. The Bertz CT molecular complexity index is 1200. The van der Waals surface area contributed by atoms with E-state index < -0.39 is 15.9 Å². The highest BCUT2D eigenvalue weighted by Crippen LogP contribution is 2.40. The molecule has 0 amide bonds. The fourth-order valence-corrected chi connectivity index (χ4v) is 5.26. The van der Waals surface area contributed by atoms with Gasteiger partial charge in [-0.25, -0.2) is 8.42 Å². The van der Waals surface area contributed by atoms with Crippen molar-refractivity contribution < 1.29 is 27.4 Å². The maximum atomic E-state index is 11.1. The van der Waals surface area contributed by atoms with Crippen molar-refractivity contribution in [2.24, 2.45) is 0 Å². The van der Waals surface area contributed by atoms with Crippen molar-refractivity contribution >= 4 is 27.6 Å². The molecule has 1 aliphatic heterocycles. The van der Waals surface area contributed by atoms with E-state index >= 15 is 0 Å². The van der Waals surface area contributed by atoms with Crippen LogP contribution in [0.5, 0.6) is 11.5 Å². The number of hydrogen-bond acceptors (Lipinski definition) is 5. The monoisotopic (exact) mass is 513 g/mol. The van der Waals surface area contributed by atoms with Gasteiger partial charge in [0.05, 0.1) is 22.1 Å². The predicted octanol–water partition coefficient (Wildman–Crippen LogP) is 6.16. The van der Waals surface area contributed by atoms with Crippen molar-refractivity contribution in [2.45, 2.75) is 71.1 Å². The number of benzene rings is 2. The van der Waals surface area contributed by atoms with Gasteiger partial charge in [-0.1, -0.05) is 57.2 Å².